The van der Waals surface area contributed by atoms with Gasteiger partial charge in [0, 0.05) is 32.1 Å². The van der Waals surface area contributed by atoms with Crippen LogP contribution >= 0.6 is 0 Å². The first kappa shape index (κ1) is 16.8. The molecule has 0 saturated carbocycles. The van der Waals surface area contributed by atoms with Gasteiger partial charge < -0.3 is 31.7 Å². The first-order chi connectivity index (χ1) is 8.96. The van der Waals surface area contributed by atoms with E-state index in [4.69, 9.17) is 11.5 Å². The van der Waals surface area contributed by atoms with Crippen molar-refractivity contribution in [3.63, 3.8) is 0 Å². The predicted molar refractivity (Wildman–Crippen MR) is 73.1 cm³/mol. The summed E-state index contributed by atoms with van der Waals surface area (Å²) in [6.07, 6.45) is 1.73. The fourth-order valence-electron chi connectivity index (χ4n) is 2.57. The van der Waals surface area contributed by atoms with Gasteiger partial charge in [-0.1, -0.05) is 0 Å². The molecule has 7 nitrogen and oxygen atoms in total. The monoisotopic (exact) mass is 276 g/mol. The second kappa shape index (κ2) is 8.11. The predicted octanol–water partition coefficient (Wildman–Crippen LogP) is -2.31. The molecule has 0 aromatic rings. The quantitative estimate of drug-likeness (QED) is 0.316. The molecule has 1 fully saturated rings. The topological polar surface area (TPSA) is 119 Å². The first-order valence-electron chi connectivity index (χ1n) is 7.00. The highest BCUT2D eigenvalue weighted by Crippen LogP contribution is 2.18. The molecule has 0 radical (unpaired) electrons. The molecule has 1 rings (SSSR count). The van der Waals surface area contributed by atoms with Crippen LogP contribution in [0.25, 0.3) is 0 Å². The van der Waals surface area contributed by atoms with Crippen molar-refractivity contribution in [2.24, 2.45) is 11.5 Å². The molecule has 1 heterocycles. The fourth-order valence-corrected chi connectivity index (χ4v) is 2.57. The molecular weight excluding hydrogens is 248 g/mol. The van der Waals surface area contributed by atoms with E-state index in [1.807, 2.05) is 0 Å². The van der Waals surface area contributed by atoms with E-state index in [1.54, 1.807) is 0 Å². The Hall–Kier alpha value is -0.280. The molecule has 0 aromatic carbocycles. The highest BCUT2D eigenvalue weighted by Gasteiger charge is 2.32. The van der Waals surface area contributed by atoms with Gasteiger partial charge in [0.05, 0.1) is 0 Å². The Kier molecular flexibility index (Phi) is 7.16. The van der Waals surface area contributed by atoms with Crippen molar-refractivity contribution in [3.05, 3.63) is 0 Å². The molecule has 0 amide bonds. The Morgan fingerprint density at radius 3 is 2.21 bits per heavy atom. The zero-order chi connectivity index (χ0) is 14.3. The van der Waals surface area contributed by atoms with Crippen LogP contribution in [0.15, 0.2) is 0 Å². The summed E-state index contributed by atoms with van der Waals surface area (Å²) in [6.45, 7) is 5.51. The van der Waals surface area contributed by atoms with Crippen LogP contribution in [0.2, 0.25) is 0 Å². The van der Waals surface area contributed by atoms with Gasteiger partial charge >= 0.3 is 0 Å². The van der Waals surface area contributed by atoms with Gasteiger partial charge in [0.15, 0.2) is 0 Å². The first-order valence-corrected chi connectivity index (χ1v) is 7.00. The average Bonchev–Trinajstić information content (AvgIpc) is 2.33. The Morgan fingerprint density at radius 1 is 1.00 bits per heavy atom. The molecular formula is C12H28N4O3. The number of hydrogen-bond donors (Lipinski definition) is 5. The number of hydrogen-bond acceptors (Lipinski definition) is 7. The summed E-state index contributed by atoms with van der Waals surface area (Å²) in [7, 11) is 0. The van der Waals surface area contributed by atoms with Gasteiger partial charge in [0.25, 0.3) is 5.97 Å². The molecule has 1 atom stereocenters. The van der Waals surface area contributed by atoms with Crippen molar-refractivity contribution in [1.29, 1.82) is 0 Å². The normalized spacial score (nSPS) is 22.9. The molecule has 7 N–H and O–H groups in total. The summed E-state index contributed by atoms with van der Waals surface area (Å²) in [5.41, 5.74) is 11.0. The van der Waals surface area contributed by atoms with Gasteiger partial charge in [0.1, 0.15) is 0 Å². The second-order valence-corrected chi connectivity index (χ2v) is 5.25. The van der Waals surface area contributed by atoms with Crippen LogP contribution in [0.5, 0.6) is 0 Å². The third-order valence-corrected chi connectivity index (χ3v) is 3.53. The Balaban J connectivity index is 2.52. The van der Waals surface area contributed by atoms with E-state index in [0.29, 0.717) is 19.6 Å². The van der Waals surface area contributed by atoms with E-state index in [9.17, 15) is 15.3 Å². The Labute approximate surface area is 114 Å². The number of rotatable bonds is 8. The molecule has 0 aromatic heterocycles. The van der Waals surface area contributed by atoms with Gasteiger partial charge in [-0.05, 0) is 39.0 Å². The van der Waals surface area contributed by atoms with Crippen LogP contribution in [-0.4, -0.2) is 82.9 Å². The van der Waals surface area contributed by atoms with E-state index in [1.165, 1.54) is 0 Å². The largest absolute Gasteiger partial charge is 0.344 e. The van der Waals surface area contributed by atoms with Gasteiger partial charge in [-0.3, -0.25) is 4.90 Å². The highest BCUT2D eigenvalue weighted by molar-refractivity contribution is 4.83. The fraction of sp³-hybridized carbons (Fsp3) is 1.00. The summed E-state index contributed by atoms with van der Waals surface area (Å²) in [5.74, 6) is -2.61. The third kappa shape index (κ3) is 6.62. The zero-order valence-corrected chi connectivity index (χ0v) is 11.5. The summed E-state index contributed by atoms with van der Waals surface area (Å²) < 4.78 is 0. The van der Waals surface area contributed by atoms with Crippen molar-refractivity contribution in [2.45, 2.75) is 31.3 Å². The molecule has 0 aliphatic carbocycles. The second-order valence-electron chi connectivity index (χ2n) is 5.25. The van der Waals surface area contributed by atoms with Crippen LogP contribution in [0.1, 0.15) is 19.3 Å². The SMILES string of the molecule is NCCCN1CCN(CCCN)C(CC(O)(O)O)C1. The van der Waals surface area contributed by atoms with E-state index in [-0.39, 0.29) is 12.5 Å². The third-order valence-electron chi connectivity index (χ3n) is 3.53. The molecule has 19 heavy (non-hydrogen) atoms. The number of piperazine rings is 1. The van der Waals surface area contributed by atoms with Crippen molar-refractivity contribution < 1.29 is 15.3 Å². The van der Waals surface area contributed by atoms with E-state index in [2.05, 4.69) is 9.80 Å². The van der Waals surface area contributed by atoms with Crippen LogP contribution in [0, 0.1) is 0 Å². The Morgan fingerprint density at radius 2 is 1.63 bits per heavy atom. The summed E-state index contributed by atoms with van der Waals surface area (Å²) >= 11 is 0. The standard InChI is InChI=1S/C12H28N4O3/c13-3-1-5-15-7-8-16(6-2-4-14)11(10-15)9-12(17,18)19/h11,17-19H,1-10,13-14H2. The summed E-state index contributed by atoms with van der Waals surface area (Å²) in [4.78, 5) is 4.42. The molecule has 1 aliphatic heterocycles. The van der Waals surface area contributed by atoms with E-state index >= 15 is 0 Å². The lowest BCUT2D eigenvalue weighted by Gasteiger charge is -2.42. The van der Waals surface area contributed by atoms with Crippen molar-refractivity contribution in [3.8, 4) is 0 Å². The minimum absolute atomic E-state index is 0.0712. The molecule has 0 bridgehead atoms. The van der Waals surface area contributed by atoms with Gasteiger partial charge in [0.2, 0.25) is 0 Å². The molecule has 7 heteroatoms. The average molecular weight is 276 g/mol. The zero-order valence-electron chi connectivity index (χ0n) is 11.5. The molecule has 1 aliphatic rings. The lowest BCUT2D eigenvalue weighted by atomic mass is 10.1. The number of nitrogens with two attached hydrogens (primary N) is 2. The summed E-state index contributed by atoms with van der Waals surface area (Å²) in [6, 6.07) is -0.0712. The minimum atomic E-state index is -2.61. The minimum Gasteiger partial charge on any atom is -0.344 e. The maximum Gasteiger partial charge on any atom is 0.276 e. The van der Waals surface area contributed by atoms with Gasteiger partial charge in [-0.15, -0.1) is 0 Å². The van der Waals surface area contributed by atoms with Crippen molar-refractivity contribution in [2.75, 3.05) is 45.8 Å². The maximum atomic E-state index is 9.20. The van der Waals surface area contributed by atoms with Crippen LogP contribution in [-0.2, 0) is 0 Å². The Bertz CT molecular complexity index is 248. The lowest BCUT2D eigenvalue weighted by molar-refractivity contribution is -0.321. The lowest BCUT2D eigenvalue weighted by Crippen LogP contribution is -2.56. The van der Waals surface area contributed by atoms with Crippen molar-refractivity contribution in [1.82, 2.24) is 9.80 Å². The van der Waals surface area contributed by atoms with Crippen molar-refractivity contribution >= 4 is 0 Å². The molecule has 114 valence electrons. The smallest absolute Gasteiger partial charge is 0.276 e. The molecule has 1 saturated heterocycles. The van der Waals surface area contributed by atoms with Gasteiger partial charge in [-0.25, -0.2) is 0 Å². The number of nitrogens with zero attached hydrogens (tertiary/aromatic N) is 2. The van der Waals surface area contributed by atoms with Crippen LogP contribution in [0.3, 0.4) is 0 Å². The molecule has 0 spiro atoms. The van der Waals surface area contributed by atoms with Crippen LogP contribution in [0.4, 0.5) is 0 Å². The highest BCUT2D eigenvalue weighted by atomic mass is 16.7. The summed E-state index contributed by atoms with van der Waals surface area (Å²) in [5, 5.41) is 27.6. The number of aliphatic hydroxyl groups is 3. The van der Waals surface area contributed by atoms with E-state index < -0.39 is 5.97 Å². The van der Waals surface area contributed by atoms with Crippen LogP contribution < -0.4 is 11.5 Å². The van der Waals surface area contributed by atoms with E-state index in [0.717, 1.165) is 39.0 Å². The van der Waals surface area contributed by atoms with Gasteiger partial charge in [-0.2, -0.15) is 0 Å². The molecule has 1 unspecified atom stereocenters. The maximum absolute atomic E-state index is 9.20.